The normalized spacial score (nSPS) is 10.4. The van der Waals surface area contributed by atoms with Crippen LogP contribution in [0.2, 0.25) is 0 Å². The highest BCUT2D eigenvalue weighted by Gasteiger charge is 2.14. The van der Waals surface area contributed by atoms with Gasteiger partial charge in [-0.05, 0) is 40.2 Å². The van der Waals surface area contributed by atoms with Crippen LogP contribution < -0.4 is 11.1 Å². The standard InChI is InChI=1S/C13H8BrF3N2S/c14-11-7(13(18)20)2-4-9(12(11)17)19-10-5-6(15)1-3-8(10)16/h1-5,19H,(H2,18,20). The van der Waals surface area contributed by atoms with Crippen LogP contribution in [0.3, 0.4) is 0 Å². The molecule has 0 atom stereocenters. The van der Waals surface area contributed by atoms with Gasteiger partial charge in [0.2, 0.25) is 0 Å². The van der Waals surface area contributed by atoms with Crippen LogP contribution in [0.15, 0.2) is 34.8 Å². The lowest BCUT2D eigenvalue weighted by molar-refractivity contribution is 0.602. The second-order valence-electron chi connectivity index (χ2n) is 3.90. The number of rotatable bonds is 3. The number of nitrogens with two attached hydrogens (primary N) is 1. The van der Waals surface area contributed by atoms with Crippen LogP contribution in [-0.2, 0) is 0 Å². The lowest BCUT2D eigenvalue weighted by atomic mass is 10.2. The van der Waals surface area contributed by atoms with Crippen LogP contribution in [0, 0.1) is 17.5 Å². The van der Waals surface area contributed by atoms with Crippen LogP contribution in [0.4, 0.5) is 24.5 Å². The molecule has 0 spiro atoms. The van der Waals surface area contributed by atoms with Crippen molar-refractivity contribution in [1.29, 1.82) is 0 Å². The fourth-order valence-electron chi connectivity index (χ4n) is 1.57. The van der Waals surface area contributed by atoms with Gasteiger partial charge in [0.05, 0.1) is 15.8 Å². The van der Waals surface area contributed by atoms with E-state index in [9.17, 15) is 13.2 Å². The summed E-state index contributed by atoms with van der Waals surface area (Å²) < 4.78 is 40.7. The van der Waals surface area contributed by atoms with E-state index < -0.39 is 17.5 Å². The number of benzene rings is 2. The SMILES string of the molecule is NC(=S)c1ccc(Nc2cc(F)ccc2F)c(F)c1Br. The van der Waals surface area contributed by atoms with E-state index in [1.165, 1.54) is 12.1 Å². The molecule has 20 heavy (non-hydrogen) atoms. The summed E-state index contributed by atoms with van der Waals surface area (Å²) in [5.41, 5.74) is 5.56. The Bertz CT molecular complexity index is 692. The summed E-state index contributed by atoms with van der Waals surface area (Å²) in [6.07, 6.45) is 0. The minimum Gasteiger partial charge on any atom is -0.389 e. The number of hydrogen-bond acceptors (Lipinski definition) is 2. The van der Waals surface area contributed by atoms with E-state index in [4.69, 9.17) is 18.0 Å². The van der Waals surface area contributed by atoms with Gasteiger partial charge in [0.15, 0.2) is 5.82 Å². The molecule has 2 aromatic carbocycles. The highest BCUT2D eigenvalue weighted by atomic mass is 79.9. The fraction of sp³-hybridized carbons (Fsp3) is 0. The molecule has 7 heteroatoms. The monoisotopic (exact) mass is 360 g/mol. The van der Waals surface area contributed by atoms with E-state index in [-0.39, 0.29) is 20.8 Å². The molecular weight excluding hydrogens is 353 g/mol. The second kappa shape index (κ2) is 5.80. The first-order chi connectivity index (χ1) is 9.40. The van der Waals surface area contributed by atoms with E-state index in [1.54, 1.807) is 0 Å². The van der Waals surface area contributed by atoms with Crippen LogP contribution in [0.5, 0.6) is 0 Å². The summed E-state index contributed by atoms with van der Waals surface area (Å²) in [5.74, 6) is -2.02. The third-order valence-corrected chi connectivity index (χ3v) is 3.54. The molecule has 0 saturated carbocycles. The first-order valence-corrected chi connectivity index (χ1v) is 6.60. The van der Waals surface area contributed by atoms with Crippen molar-refractivity contribution in [2.45, 2.75) is 0 Å². The van der Waals surface area contributed by atoms with Crippen LogP contribution in [0.1, 0.15) is 5.56 Å². The third kappa shape index (κ3) is 2.94. The minimum atomic E-state index is -0.695. The molecule has 0 saturated heterocycles. The fourth-order valence-corrected chi connectivity index (χ4v) is 2.44. The summed E-state index contributed by atoms with van der Waals surface area (Å²) >= 11 is 7.80. The number of anilines is 2. The maximum atomic E-state index is 14.1. The number of nitrogens with one attached hydrogen (secondary N) is 1. The molecule has 2 rings (SSSR count). The molecule has 0 aliphatic rings. The van der Waals surface area contributed by atoms with Crippen LogP contribution in [-0.4, -0.2) is 4.99 Å². The van der Waals surface area contributed by atoms with Crippen LogP contribution >= 0.6 is 28.1 Å². The second-order valence-corrected chi connectivity index (χ2v) is 5.13. The largest absolute Gasteiger partial charge is 0.389 e. The van der Waals surface area contributed by atoms with Crippen molar-refractivity contribution >= 4 is 44.5 Å². The molecule has 0 aliphatic heterocycles. The van der Waals surface area contributed by atoms with Gasteiger partial charge in [-0.2, -0.15) is 0 Å². The summed E-state index contributed by atoms with van der Waals surface area (Å²) in [6.45, 7) is 0. The Morgan fingerprint density at radius 2 is 1.80 bits per heavy atom. The van der Waals surface area contributed by atoms with Gasteiger partial charge in [-0.15, -0.1) is 0 Å². The van der Waals surface area contributed by atoms with E-state index >= 15 is 0 Å². The van der Waals surface area contributed by atoms with Crippen molar-refractivity contribution in [2.75, 3.05) is 5.32 Å². The molecule has 104 valence electrons. The Kier molecular flexibility index (Phi) is 4.29. The Morgan fingerprint density at radius 3 is 2.45 bits per heavy atom. The van der Waals surface area contributed by atoms with Gasteiger partial charge in [-0.3, -0.25) is 0 Å². The van der Waals surface area contributed by atoms with Gasteiger partial charge in [0.25, 0.3) is 0 Å². The Balaban J connectivity index is 2.42. The Morgan fingerprint density at radius 1 is 1.10 bits per heavy atom. The number of thiocarbonyl (C=S) groups is 1. The van der Waals surface area contributed by atoms with Crippen molar-refractivity contribution in [3.8, 4) is 0 Å². The molecule has 2 nitrogen and oxygen atoms in total. The van der Waals surface area contributed by atoms with Crippen molar-refractivity contribution in [3.63, 3.8) is 0 Å². The quantitative estimate of drug-likeness (QED) is 0.803. The van der Waals surface area contributed by atoms with Crippen molar-refractivity contribution in [3.05, 3.63) is 57.8 Å². The summed E-state index contributed by atoms with van der Waals surface area (Å²) in [4.78, 5) is 0.0271. The average Bonchev–Trinajstić information content (AvgIpc) is 2.39. The molecule has 0 aromatic heterocycles. The Hall–Kier alpha value is -1.60. The third-order valence-electron chi connectivity index (χ3n) is 2.55. The van der Waals surface area contributed by atoms with Crippen molar-refractivity contribution < 1.29 is 13.2 Å². The van der Waals surface area contributed by atoms with Gasteiger partial charge < -0.3 is 11.1 Å². The lowest BCUT2D eigenvalue weighted by Gasteiger charge is -2.11. The van der Waals surface area contributed by atoms with Gasteiger partial charge in [-0.1, -0.05) is 12.2 Å². The van der Waals surface area contributed by atoms with Crippen molar-refractivity contribution in [2.24, 2.45) is 5.73 Å². The molecular formula is C13H8BrF3N2S. The Labute approximate surface area is 126 Å². The van der Waals surface area contributed by atoms with Gasteiger partial charge in [0.1, 0.15) is 16.6 Å². The van der Waals surface area contributed by atoms with E-state index in [1.807, 2.05) is 0 Å². The first kappa shape index (κ1) is 14.8. The highest BCUT2D eigenvalue weighted by Crippen LogP contribution is 2.30. The molecule has 0 bridgehead atoms. The molecule has 0 fully saturated rings. The topological polar surface area (TPSA) is 38.0 Å². The first-order valence-electron chi connectivity index (χ1n) is 5.40. The molecule has 0 unspecified atom stereocenters. The summed E-state index contributed by atoms with van der Waals surface area (Å²) in [5, 5.41) is 2.48. The summed E-state index contributed by atoms with van der Waals surface area (Å²) in [6, 6.07) is 5.69. The van der Waals surface area contributed by atoms with E-state index in [2.05, 4.69) is 21.2 Å². The van der Waals surface area contributed by atoms with Crippen molar-refractivity contribution in [1.82, 2.24) is 0 Å². The number of hydrogen-bond donors (Lipinski definition) is 2. The molecule has 0 heterocycles. The molecule has 2 aromatic rings. The minimum absolute atomic E-state index is 0.0265. The zero-order valence-electron chi connectivity index (χ0n) is 9.88. The zero-order valence-corrected chi connectivity index (χ0v) is 12.3. The van der Waals surface area contributed by atoms with E-state index in [0.29, 0.717) is 5.56 Å². The maximum absolute atomic E-state index is 14.1. The predicted molar refractivity (Wildman–Crippen MR) is 79.6 cm³/mol. The zero-order chi connectivity index (χ0) is 14.9. The molecule has 0 radical (unpaired) electrons. The van der Waals surface area contributed by atoms with Gasteiger partial charge >= 0.3 is 0 Å². The summed E-state index contributed by atoms with van der Waals surface area (Å²) in [7, 11) is 0. The molecule has 0 aliphatic carbocycles. The van der Waals surface area contributed by atoms with Gasteiger partial charge in [-0.25, -0.2) is 13.2 Å². The van der Waals surface area contributed by atoms with Crippen LogP contribution in [0.25, 0.3) is 0 Å². The number of halogens is 4. The maximum Gasteiger partial charge on any atom is 0.161 e. The van der Waals surface area contributed by atoms with E-state index in [0.717, 1.165) is 18.2 Å². The smallest absolute Gasteiger partial charge is 0.161 e. The predicted octanol–water partition coefficient (Wildman–Crippen LogP) is 4.24. The van der Waals surface area contributed by atoms with Gasteiger partial charge in [0, 0.05) is 11.6 Å². The lowest BCUT2D eigenvalue weighted by Crippen LogP contribution is -2.11. The average molecular weight is 361 g/mol. The highest BCUT2D eigenvalue weighted by molar-refractivity contribution is 9.10. The molecule has 3 N–H and O–H groups in total. The molecule has 0 amide bonds.